The molecule has 0 fully saturated rings. The van der Waals surface area contributed by atoms with Gasteiger partial charge < -0.3 is 14.5 Å². The third-order valence-corrected chi connectivity index (χ3v) is 4.28. The van der Waals surface area contributed by atoms with Crippen LogP contribution in [0.4, 0.5) is 0 Å². The minimum Gasteiger partial charge on any atom is -0.452 e. The fourth-order valence-corrected chi connectivity index (χ4v) is 2.89. The van der Waals surface area contributed by atoms with Gasteiger partial charge in [0.1, 0.15) is 11.3 Å². The number of esters is 1. The number of amides is 1. The number of nitrogens with one attached hydrogen (secondary N) is 1. The van der Waals surface area contributed by atoms with Crippen molar-refractivity contribution in [3.63, 3.8) is 0 Å². The van der Waals surface area contributed by atoms with Crippen LogP contribution < -0.4 is 10.9 Å². The first-order valence-corrected chi connectivity index (χ1v) is 7.87. The van der Waals surface area contributed by atoms with Gasteiger partial charge in [-0.15, -0.1) is 11.3 Å². The fourth-order valence-electron chi connectivity index (χ4n) is 2.16. The van der Waals surface area contributed by atoms with Crippen molar-refractivity contribution in [2.24, 2.45) is 0 Å². The molecular weight excluding hydrogens is 318 g/mol. The zero-order valence-electron chi connectivity index (χ0n) is 13.0. The summed E-state index contributed by atoms with van der Waals surface area (Å²) in [5, 5.41) is 4.67. The summed E-state index contributed by atoms with van der Waals surface area (Å²) in [6, 6.07) is 4.87. The molecule has 2 rings (SSSR count). The Morgan fingerprint density at radius 3 is 2.74 bits per heavy atom. The second kappa shape index (κ2) is 7.23. The molecule has 1 amide bonds. The van der Waals surface area contributed by atoms with Crippen LogP contribution in [0.2, 0.25) is 0 Å². The van der Waals surface area contributed by atoms with Gasteiger partial charge in [-0.25, -0.2) is 9.59 Å². The summed E-state index contributed by atoms with van der Waals surface area (Å²) in [6.07, 6.45) is 0. The number of carbonyl (C=O) groups excluding carboxylic acids is 2. The zero-order valence-corrected chi connectivity index (χ0v) is 13.9. The molecular formula is C16H17NO5S. The van der Waals surface area contributed by atoms with E-state index >= 15 is 0 Å². The predicted octanol–water partition coefficient (Wildman–Crippen LogP) is 2.35. The quantitative estimate of drug-likeness (QED) is 0.848. The van der Waals surface area contributed by atoms with Crippen LogP contribution in [-0.4, -0.2) is 18.5 Å². The number of thiophene rings is 1. The summed E-state index contributed by atoms with van der Waals surface area (Å²) in [5.74, 6) is -0.915. The maximum atomic E-state index is 12.1. The molecule has 122 valence electrons. The fraction of sp³-hybridized carbons (Fsp3) is 0.312. The number of rotatable bonds is 5. The van der Waals surface area contributed by atoms with Gasteiger partial charge in [-0.3, -0.25) is 4.79 Å². The first kappa shape index (κ1) is 17.0. The topological polar surface area (TPSA) is 85.6 Å². The summed E-state index contributed by atoms with van der Waals surface area (Å²) >= 11 is 1.54. The number of hydrogen-bond acceptors (Lipinski definition) is 6. The standard InChI is InChI=1S/C16H17NO5S/c1-9-7-14(19)22-11(3)15(9)16(20)21-8-13(18)17-10(2)12-5-4-6-23-12/h4-7,10H,8H2,1-3H3,(H,17,18)/t10-/m0/s1. The maximum Gasteiger partial charge on any atom is 0.342 e. The molecule has 2 aromatic heterocycles. The van der Waals surface area contributed by atoms with Crippen molar-refractivity contribution >= 4 is 23.2 Å². The van der Waals surface area contributed by atoms with Gasteiger partial charge in [-0.1, -0.05) is 6.07 Å². The van der Waals surface area contributed by atoms with Crippen LogP contribution in [0.3, 0.4) is 0 Å². The van der Waals surface area contributed by atoms with E-state index in [2.05, 4.69) is 5.32 Å². The van der Waals surface area contributed by atoms with Crippen LogP contribution in [0.15, 0.2) is 32.8 Å². The molecule has 1 atom stereocenters. The normalized spacial score (nSPS) is 11.8. The number of carbonyl (C=O) groups is 2. The molecule has 0 aliphatic carbocycles. The van der Waals surface area contributed by atoms with Crippen LogP contribution in [-0.2, 0) is 9.53 Å². The smallest absolute Gasteiger partial charge is 0.342 e. The first-order valence-electron chi connectivity index (χ1n) is 6.99. The lowest BCUT2D eigenvalue weighted by molar-refractivity contribution is -0.124. The molecule has 2 heterocycles. The largest absolute Gasteiger partial charge is 0.452 e. The number of hydrogen-bond donors (Lipinski definition) is 1. The molecule has 0 saturated carbocycles. The van der Waals surface area contributed by atoms with E-state index in [-0.39, 0.29) is 17.4 Å². The summed E-state index contributed by atoms with van der Waals surface area (Å²) in [5.41, 5.74) is 0.0962. The SMILES string of the molecule is Cc1cc(=O)oc(C)c1C(=O)OCC(=O)N[C@@H](C)c1cccs1. The lowest BCUT2D eigenvalue weighted by Crippen LogP contribution is -2.31. The second-order valence-corrected chi connectivity index (χ2v) is 6.04. The molecule has 0 saturated heterocycles. The Morgan fingerprint density at radius 2 is 2.13 bits per heavy atom. The Hall–Kier alpha value is -2.41. The molecule has 0 aliphatic rings. The van der Waals surface area contributed by atoms with Gasteiger partial charge in [0.15, 0.2) is 6.61 Å². The minimum absolute atomic E-state index is 0.153. The van der Waals surface area contributed by atoms with Gasteiger partial charge in [0, 0.05) is 10.9 Å². The molecule has 0 bridgehead atoms. The predicted molar refractivity (Wildman–Crippen MR) is 85.6 cm³/mol. The Labute approximate surface area is 137 Å². The van der Waals surface area contributed by atoms with Gasteiger partial charge in [0.25, 0.3) is 5.91 Å². The van der Waals surface area contributed by atoms with E-state index in [1.54, 1.807) is 6.92 Å². The van der Waals surface area contributed by atoms with Gasteiger partial charge in [0.05, 0.1) is 6.04 Å². The highest BCUT2D eigenvalue weighted by Gasteiger charge is 2.18. The van der Waals surface area contributed by atoms with E-state index in [1.807, 2.05) is 24.4 Å². The van der Waals surface area contributed by atoms with Crippen molar-refractivity contribution in [2.75, 3.05) is 6.61 Å². The van der Waals surface area contributed by atoms with E-state index in [9.17, 15) is 14.4 Å². The lowest BCUT2D eigenvalue weighted by Gasteiger charge is -2.13. The summed E-state index contributed by atoms with van der Waals surface area (Å²) in [4.78, 5) is 36.1. The maximum absolute atomic E-state index is 12.1. The summed E-state index contributed by atoms with van der Waals surface area (Å²) in [7, 11) is 0. The van der Waals surface area contributed by atoms with Crippen molar-refractivity contribution in [3.05, 3.63) is 55.8 Å². The van der Waals surface area contributed by atoms with E-state index in [1.165, 1.54) is 24.3 Å². The summed E-state index contributed by atoms with van der Waals surface area (Å²) < 4.78 is 9.88. The van der Waals surface area contributed by atoms with E-state index < -0.39 is 24.1 Å². The van der Waals surface area contributed by atoms with Crippen LogP contribution in [0, 0.1) is 13.8 Å². The molecule has 0 radical (unpaired) electrons. The van der Waals surface area contributed by atoms with Crippen molar-refractivity contribution in [3.8, 4) is 0 Å². The molecule has 0 aliphatic heterocycles. The molecule has 2 aromatic rings. The average Bonchev–Trinajstić information content (AvgIpc) is 2.98. The average molecular weight is 335 g/mol. The minimum atomic E-state index is -0.692. The monoisotopic (exact) mass is 335 g/mol. The third-order valence-electron chi connectivity index (χ3n) is 3.22. The van der Waals surface area contributed by atoms with Gasteiger partial charge in [-0.05, 0) is 37.8 Å². The molecule has 7 heteroatoms. The Kier molecular flexibility index (Phi) is 5.33. The highest BCUT2D eigenvalue weighted by atomic mass is 32.1. The number of aryl methyl sites for hydroxylation is 2. The third kappa shape index (κ3) is 4.29. The Bertz CT molecular complexity index is 737. The van der Waals surface area contributed by atoms with Crippen LogP contribution in [0.1, 0.15) is 39.5 Å². The first-order chi connectivity index (χ1) is 10.9. The highest BCUT2D eigenvalue weighted by Crippen LogP contribution is 2.18. The van der Waals surface area contributed by atoms with Crippen molar-refractivity contribution in [1.29, 1.82) is 0 Å². The van der Waals surface area contributed by atoms with E-state index in [4.69, 9.17) is 9.15 Å². The van der Waals surface area contributed by atoms with Gasteiger partial charge in [0.2, 0.25) is 0 Å². The molecule has 23 heavy (non-hydrogen) atoms. The van der Waals surface area contributed by atoms with Gasteiger partial charge >= 0.3 is 11.6 Å². The van der Waals surface area contributed by atoms with E-state index in [0.29, 0.717) is 5.56 Å². The highest BCUT2D eigenvalue weighted by molar-refractivity contribution is 7.10. The van der Waals surface area contributed by atoms with Crippen LogP contribution in [0.5, 0.6) is 0 Å². The van der Waals surface area contributed by atoms with Crippen LogP contribution in [0.25, 0.3) is 0 Å². The van der Waals surface area contributed by atoms with Gasteiger partial charge in [-0.2, -0.15) is 0 Å². The number of ether oxygens (including phenoxy) is 1. The molecule has 0 aromatic carbocycles. The molecule has 1 N–H and O–H groups in total. The molecule has 6 nitrogen and oxygen atoms in total. The Balaban J connectivity index is 1.94. The zero-order chi connectivity index (χ0) is 17.0. The molecule has 0 spiro atoms. The van der Waals surface area contributed by atoms with E-state index in [0.717, 1.165) is 4.88 Å². The van der Waals surface area contributed by atoms with Crippen molar-refractivity contribution < 1.29 is 18.7 Å². The molecule has 0 unspecified atom stereocenters. The van der Waals surface area contributed by atoms with Crippen LogP contribution >= 0.6 is 11.3 Å². The lowest BCUT2D eigenvalue weighted by atomic mass is 10.1. The van der Waals surface area contributed by atoms with Crippen molar-refractivity contribution in [1.82, 2.24) is 5.32 Å². The Morgan fingerprint density at radius 1 is 1.39 bits per heavy atom. The second-order valence-electron chi connectivity index (χ2n) is 5.06. The summed E-state index contributed by atoms with van der Waals surface area (Å²) in [6.45, 7) is 4.57. The van der Waals surface area contributed by atoms with Crippen molar-refractivity contribution in [2.45, 2.75) is 26.8 Å².